The Kier molecular flexibility index (Phi) is 3.44. The van der Waals surface area contributed by atoms with E-state index in [-0.39, 0.29) is 11.9 Å². The third-order valence-corrected chi connectivity index (χ3v) is 4.15. The number of hydrogen-bond acceptors (Lipinski definition) is 2. The monoisotopic (exact) mass is 267 g/mol. The van der Waals surface area contributed by atoms with Crippen molar-refractivity contribution in [1.29, 1.82) is 0 Å². The van der Waals surface area contributed by atoms with Gasteiger partial charge in [-0.2, -0.15) is 4.39 Å². The summed E-state index contributed by atoms with van der Waals surface area (Å²) in [7, 11) is 0. The van der Waals surface area contributed by atoms with Crippen LogP contribution in [0.1, 0.15) is 24.8 Å². The highest BCUT2D eigenvalue weighted by Gasteiger charge is 2.39. The minimum atomic E-state index is -0.850. The van der Waals surface area contributed by atoms with Gasteiger partial charge in [0.15, 0.2) is 11.6 Å². The maximum absolute atomic E-state index is 13.9. The van der Waals surface area contributed by atoms with E-state index in [2.05, 4.69) is 5.32 Å². The van der Waals surface area contributed by atoms with Gasteiger partial charge in [-0.05, 0) is 50.3 Å². The number of benzene rings is 1. The molecule has 3 rings (SSSR count). The first-order chi connectivity index (χ1) is 9.16. The predicted molar refractivity (Wildman–Crippen MR) is 69.2 cm³/mol. The molecule has 2 fully saturated rings. The number of hydrogen-bond donors (Lipinski definition) is 1. The molecule has 1 heterocycles. The lowest BCUT2D eigenvalue weighted by atomic mass is 9.97. The minimum Gasteiger partial charge on any atom is -0.487 e. The molecule has 0 spiro atoms. The number of aryl methyl sites for hydroxylation is 1. The van der Waals surface area contributed by atoms with Crippen LogP contribution in [-0.4, -0.2) is 19.2 Å². The molecule has 19 heavy (non-hydrogen) atoms. The van der Waals surface area contributed by atoms with Crippen molar-refractivity contribution in [2.75, 3.05) is 13.1 Å². The van der Waals surface area contributed by atoms with Crippen molar-refractivity contribution in [2.45, 2.75) is 32.3 Å². The fraction of sp³-hybridized carbons (Fsp3) is 0.600. The average Bonchev–Trinajstić information content (AvgIpc) is 3.10. The summed E-state index contributed by atoms with van der Waals surface area (Å²) in [6, 6.07) is 3.12. The summed E-state index contributed by atoms with van der Waals surface area (Å²) in [5.41, 5.74) is 0.315. The van der Waals surface area contributed by atoms with Crippen molar-refractivity contribution < 1.29 is 13.5 Å². The zero-order valence-electron chi connectivity index (χ0n) is 11.1. The van der Waals surface area contributed by atoms with E-state index >= 15 is 0 Å². The fourth-order valence-electron chi connectivity index (χ4n) is 2.83. The number of halogens is 2. The molecule has 0 bridgehead atoms. The van der Waals surface area contributed by atoms with Gasteiger partial charge in [-0.3, -0.25) is 0 Å². The highest BCUT2D eigenvalue weighted by Crippen LogP contribution is 2.40. The number of rotatable bonds is 4. The van der Waals surface area contributed by atoms with Crippen molar-refractivity contribution >= 4 is 0 Å². The van der Waals surface area contributed by atoms with Gasteiger partial charge in [-0.1, -0.05) is 6.07 Å². The van der Waals surface area contributed by atoms with Crippen molar-refractivity contribution in [1.82, 2.24) is 5.32 Å². The molecule has 0 radical (unpaired) electrons. The van der Waals surface area contributed by atoms with Crippen LogP contribution in [0.3, 0.4) is 0 Å². The van der Waals surface area contributed by atoms with Gasteiger partial charge >= 0.3 is 0 Å². The summed E-state index contributed by atoms with van der Waals surface area (Å²) in [5, 5.41) is 3.31. The molecule has 1 N–H and O–H groups in total. The van der Waals surface area contributed by atoms with Gasteiger partial charge in [0, 0.05) is 12.5 Å². The van der Waals surface area contributed by atoms with Crippen LogP contribution < -0.4 is 10.1 Å². The summed E-state index contributed by atoms with van der Waals surface area (Å²) < 4.78 is 33.3. The number of nitrogens with one attached hydrogen (secondary N) is 1. The maximum Gasteiger partial charge on any atom is 0.200 e. The highest BCUT2D eigenvalue weighted by molar-refractivity contribution is 5.30. The maximum atomic E-state index is 13.9. The van der Waals surface area contributed by atoms with Crippen LogP contribution in [0.5, 0.6) is 5.75 Å². The third kappa shape index (κ3) is 2.59. The van der Waals surface area contributed by atoms with E-state index in [4.69, 9.17) is 4.74 Å². The lowest BCUT2D eigenvalue weighted by Gasteiger charge is -2.24. The van der Waals surface area contributed by atoms with E-state index in [1.807, 2.05) is 0 Å². The molecule has 1 aromatic carbocycles. The van der Waals surface area contributed by atoms with Crippen molar-refractivity contribution in [2.24, 2.45) is 11.8 Å². The van der Waals surface area contributed by atoms with Gasteiger partial charge in [-0.25, -0.2) is 4.39 Å². The summed E-state index contributed by atoms with van der Waals surface area (Å²) in [6.45, 7) is 3.46. The van der Waals surface area contributed by atoms with Crippen LogP contribution in [0.25, 0.3) is 0 Å². The molecule has 4 heteroatoms. The molecular weight excluding hydrogens is 248 g/mol. The third-order valence-electron chi connectivity index (χ3n) is 4.15. The Bertz CT molecular complexity index is 467. The first-order valence-corrected chi connectivity index (χ1v) is 6.99. The molecule has 0 aromatic heterocycles. The van der Waals surface area contributed by atoms with E-state index in [1.165, 1.54) is 0 Å². The standard InChI is InChI=1S/C15H19F2NO/c1-9-2-5-12(14(17)13(9)16)19-15(10-3-4-10)11-6-7-18-8-11/h2,5,10-11,15,18H,3-4,6-8H2,1H3/t11-,15-/m0/s1. The van der Waals surface area contributed by atoms with E-state index in [0.29, 0.717) is 17.4 Å². The largest absolute Gasteiger partial charge is 0.487 e. The van der Waals surface area contributed by atoms with Gasteiger partial charge in [-0.15, -0.1) is 0 Å². The normalized spacial score (nSPS) is 24.5. The summed E-state index contributed by atoms with van der Waals surface area (Å²) in [6.07, 6.45) is 3.34. The zero-order chi connectivity index (χ0) is 13.4. The van der Waals surface area contributed by atoms with Crippen LogP contribution in [0.2, 0.25) is 0 Å². The topological polar surface area (TPSA) is 21.3 Å². The van der Waals surface area contributed by atoms with E-state index in [9.17, 15) is 8.78 Å². The molecule has 1 aliphatic heterocycles. The molecule has 2 nitrogen and oxygen atoms in total. The Labute approximate surface area is 112 Å². The lowest BCUT2D eigenvalue weighted by molar-refractivity contribution is 0.114. The molecule has 2 atom stereocenters. The molecule has 1 aliphatic carbocycles. The van der Waals surface area contributed by atoms with Crippen LogP contribution in [0.4, 0.5) is 8.78 Å². The Morgan fingerprint density at radius 1 is 1.16 bits per heavy atom. The smallest absolute Gasteiger partial charge is 0.200 e. The summed E-state index contributed by atoms with van der Waals surface area (Å²) in [5.74, 6) is -0.662. The first-order valence-electron chi connectivity index (χ1n) is 6.99. The summed E-state index contributed by atoms with van der Waals surface area (Å²) >= 11 is 0. The van der Waals surface area contributed by atoms with Gasteiger partial charge in [0.1, 0.15) is 6.10 Å². The van der Waals surface area contributed by atoms with Crippen molar-refractivity contribution in [3.05, 3.63) is 29.3 Å². The molecule has 1 saturated carbocycles. The van der Waals surface area contributed by atoms with E-state index < -0.39 is 11.6 Å². The first kappa shape index (κ1) is 12.9. The Hall–Kier alpha value is -1.16. The molecule has 1 aromatic rings. The molecule has 0 unspecified atom stereocenters. The molecule has 1 saturated heterocycles. The van der Waals surface area contributed by atoms with Crippen LogP contribution in [-0.2, 0) is 0 Å². The van der Waals surface area contributed by atoms with Crippen molar-refractivity contribution in [3.63, 3.8) is 0 Å². The van der Waals surface area contributed by atoms with Crippen molar-refractivity contribution in [3.8, 4) is 5.75 Å². The molecule has 2 aliphatic rings. The Morgan fingerprint density at radius 3 is 2.58 bits per heavy atom. The molecule has 104 valence electrons. The predicted octanol–water partition coefficient (Wildman–Crippen LogP) is 3.04. The second-order valence-corrected chi connectivity index (χ2v) is 5.68. The quantitative estimate of drug-likeness (QED) is 0.905. The Morgan fingerprint density at radius 2 is 1.95 bits per heavy atom. The van der Waals surface area contributed by atoms with E-state index in [1.54, 1.807) is 19.1 Å². The Balaban J connectivity index is 1.80. The average molecular weight is 267 g/mol. The van der Waals surface area contributed by atoms with Gasteiger partial charge in [0.2, 0.25) is 5.82 Å². The SMILES string of the molecule is Cc1ccc(O[C@@H](C2CC2)[C@H]2CCNC2)c(F)c1F. The van der Waals surface area contributed by atoms with Gasteiger partial charge in [0.05, 0.1) is 0 Å². The highest BCUT2D eigenvalue weighted by atomic mass is 19.2. The van der Waals surface area contributed by atoms with Crippen LogP contribution in [0.15, 0.2) is 12.1 Å². The van der Waals surface area contributed by atoms with Gasteiger partial charge in [0.25, 0.3) is 0 Å². The number of ether oxygens (including phenoxy) is 1. The summed E-state index contributed by atoms with van der Waals surface area (Å²) in [4.78, 5) is 0. The van der Waals surface area contributed by atoms with E-state index in [0.717, 1.165) is 32.4 Å². The zero-order valence-corrected chi connectivity index (χ0v) is 11.1. The second kappa shape index (κ2) is 5.08. The minimum absolute atomic E-state index is 0.0200. The fourth-order valence-corrected chi connectivity index (χ4v) is 2.83. The second-order valence-electron chi connectivity index (χ2n) is 5.68. The van der Waals surface area contributed by atoms with Gasteiger partial charge < -0.3 is 10.1 Å². The van der Waals surface area contributed by atoms with Crippen LogP contribution in [0, 0.1) is 30.4 Å². The molecule has 0 amide bonds. The lowest BCUT2D eigenvalue weighted by Crippen LogP contribution is -2.31. The van der Waals surface area contributed by atoms with Crippen LogP contribution >= 0.6 is 0 Å². The molecular formula is C15H19F2NO.